The summed E-state index contributed by atoms with van der Waals surface area (Å²) in [5.74, 6) is -1.38. The smallest absolute Gasteiger partial charge is 0.338 e. The molecule has 1 aliphatic carbocycles. The van der Waals surface area contributed by atoms with E-state index in [1.54, 1.807) is 12.1 Å². The van der Waals surface area contributed by atoms with E-state index < -0.39 is 22.2 Å². The van der Waals surface area contributed by atoms with Gasteiger partial charge in [-0.1, -0.05) is 52.8 Å². The molecule has 36 heavy (non-hydrogen) atoms. The van der Waals surface area contributed by atoms with Crippen molar-refractivity contribution in [2.45, 2.75) is 64.7 Å². The van der Waals surface area contributed by atoms with Crippen LogP contribution >= 0.6 is 10.3 Å². The highest BCUT2D eigenvalue weighted by Gasteiger charge is 2.41. The molecular weight excluding hydrogens is 479 g/mol. The number of hydrogen-bond donors (Lipinski definition) is 0. The summed E-state index contributed by atoms with van der Waals surface area (Å²) in [5.41, 5.74) is 4.02. The molecule has 0 spiro atoms. The number of esters is 2. The first kappa shape index (κ1) is 28.2. The van der Waals surface area contributed by atoms with Crippen molar-refractivity contribution in [2.24, 2.45) is 5.41 Å². The molecule has 0 N–H and O–H groups in total. The Balaban J connectivity index is 2.41. The summed E-state index contributed by atoms with van der Waals surface area (Å²) in [7, 11) is 1.13. The second kappa shape index (κ2) is 10.2. The summed E-state index contributed by atoms with van der Waals surface area (Å²) in [6, 6.07) is 8.02. The first-order valence-corrected chi connectivity index (χ1v) is 14.5. The molecule has 0 bridgehead atoms. The van der Waals surface area contributed by atoms with Crippen molar-refractivity contribution in [1.29, 1.82) is 0 Å². The lowest BCUT2D eigenvalue weighted by Crippen LogP contribution is -2.33. The molecule has 5 nitrogen and oxygen atoms in total. The third-order valence-electron chi connectivity index (χ3n) is 7.18. The predicted octanol–water partition coefficient (Wildman–Crippen LogP) is 6.80. The zero-order chi connectivity index (χ0) is 27.1. The average molecular weight is 519 g/mol. The van der Waals surface area contributed by atoms with Crippen molar-refractivity contribution in [1.82, 2.24) is 0 Å². The number of methoxy groups -OCH3 is 2. The molecule has 1 atom stereocenters. The summed E-state index contributed by atoms with van der Waals surface area (Å²) >= 11 is 0. The van der Waals surface area contributed by atoms with Crippen LogP contribution in [0.25, 0.3) is 11.1 Å². The first-order valence-electron chi connectivity index (χ1n) is 12.1. The van der Waals surface area contributed by atoms with Gasteiger partial charge in [0.15, 0.2) is 0 Å². The molecule has 0 amide bonds. The van der Waals surface area contributed by atoms with Gasteiger partial charge in [0, 0.05) is 10.3 Å². The molecule has 0 saturated heterocycles. The largest absolute Gasteiger partial charge is 0.469 e. The van der Waals surface area contributed by atoms with Crippen molar-refractivity contribution in [2.75, 3.05) is 26.7 Å². The van der Waals surface area contributed by atoms with E-state index in [0.29, 0.717) is 22.3 Å². The van der Waals surface area contributed by atoms with E-state index >= 15 is 0 Å². The summed E-state index contributed by atoms with van der Waals surface area (Å²) < 4.78 is 31.0. The van der Waals surface area contributed by atoms with E-state index in [0.717, 1.165) is 24.0 Å². The summed E-state index contributed by atoms with van der Waals surface area (Å²) in [5, 5.41) is 0. The van der Waals surface area contributed by atoms with Crippen LogP contribution in [-0.2, 0) is 31.3 Å². The van der Waals surface area contributed by atoms with E-state index in [9.17, 15) is 14.0 Å². The fourth-order valence-corrected chi connectivity index (χ4v) is 5.69. The number of rotatable bonds is 6. The SMILES string of the molecule is COC(=O)Cc1cc2c(c(-c3ccc(F)cc3)c1C(=O)OC)C(OS(C)(C)C(C)(C)C)CC(C)(C)C2. The van der Waals surface area contributed by atoms with Crippen LogP contribution in [-0.4, -0.2) is 43.4 Å². The van der Waals surface area contributed by atoms with Gasteiger partial charge in [-0.2, -0.15) is 0 Å². The maximum Gasteiger partial charge on any atom is 0.338 e. The van der Waals surface area contributed by atoms with E-state index in [2.05, 4.69) is 47.1 Å². The van der Waals surface area contributed by atoms with Crippen LogP contribution in [0.3, 0.4) is 0 Å². The van der Waals surface area contributed by atoms with Crippen molar-refractivity contribution < 1.29 is 27.6 Å². The topological polar surface area (TPSA) is 61.8 Å². The minimum atomic E-state index is -1.52. The van der Waals surface area contributed by atoms with Gasteiger partial charge in [-0.15, -0.1) is 10.3 Å². The van der Waals surface area contributed by atoms with Crippen LogP contribution < -0.4 is 0 Å². The normalized spacial score (nSPS) is 17.8. The van der Waals surface area contributed by atoms with Crippen molar-refractivity contribution in [3.05, 3.63) is 58.4 Å². The zero-order valence-corrected chi connectivity index (χ0v) is 23.7. The Kier molecular flexibility index (Phi) is 7.97. The third-order valence-corrected chi connectivity index (χ3v) is 10.8. The molecule has 0 heterocycles. The van der Waals surface area contributed by atoms with E-state index in [1.807, 2.05) is 6.07 Å². The number of ether oxygens (including phenoxy) is 2. The highest BCUT2D eigenvalue weighted by Crippen LogP contribution is 2.60. The zero-order valence-electron chi connectivity index (χ0n) is 22.9. The van der Waals surface area contributed by atoms with E-state index in [4.69, 9.17) is 13.7 Å². The van der Waals surface area contributed by atoms with Crippen LogP contribution in [0.5, 0.6) is 0 Å². The number of carbonyl (C=O) groups is 2. The van der Waals surface area contributed by atoms with Gasteiger partial charge in [-0.05, 0) is 65.2 Å². The molecule has 0 fully saturated rings. The number of halogens is 1. The minimum Gasteiger partial charge on any atom is -0.469 e. The highest BCUT2D eigenvalue weighted by molar-refractivity contribution is 8.29. The number of benzene rings is 2. The van der Waals surface area contributed by atoms with Gasteiger partial charge in [0.2, 0.25) is 0 Å². The third kappa shape index (κ3) is 5.78. The Labute approximate surface area is 216 Å². The Morgan fingerprint density at radius 2 is 1.69 bits per heavy atom. The quantitative estimate of drug-likeness (QED) is 0.394. The number of carbonyl (C=O) groups excluding carboxylic acids is 2. The van der Waals surface area contributed by atoms with Crippen LogP contribution in [0, 0.1) is 11.2 Å². The van der Waals surface area contributed by atoms with Crippen molar-refractivity contribution >= 4 is 22.2 Å². The average Bonchev–Trinajstić information content (AvgIpc) is 2.76. The first-order chi connectivity index (χ1) is 16.6. The lowest BCUT2D eigenvalue weighted by molar-refractivity contribution is -0.139. The van der Waals surface area contributed by atoms with Crippen LogP contribution in [0.15, 0.2) is 30.3 Å². The number of hydrogen-bond acceptors (Lipinski definition) is 5. The Morgan fingerprint density at radius 1 is 1.08 bits per heavy atom. The molecule has 198 valence electrons. The molecule has 1 unspecified atom stereocenters. The molecule has 0 aliphatic heterocycles. The van der Waals surface area contributed by atoms with Crippen molar-refractivity contribution in [3.63, 3.8) is 0 Å². The molecule has 7 heteroatoms. The van der Waals surface area contributed by atoms with Crippen molar-refractivity contribution in [3.8, 4) is 11.1 Å². The molecule has 0 radical (unpaired) electrons. The summed E-state index contributed by atoms with van der Waals surface area (Å²) in [4.78, 5) is 25.6. The Bertz CT molecular complexity index is 1150. The molecule has 1 aliphatic rings. The Morgan fingerprint density at radius 3 is 2.22 bits per heavy atom. The Hall–Kier alpha value is -2.38. The summed E-state index contributed by atoms with van der Waals surface area (Å²) in [6.45, 7) is 10.9. The van der Waals surface area contributed by atoms with Gasteiger partial charge in [-0.3, -0.25) is 4.79 Å². The highest BCUT2D eigenvalue weighted by atomic mass is 32.3. The van der Waals surface area contributed by atoms with Gasteiger partial charge >= 0.3 is 11.9 Å². The van der Waals surface area contributed by atoms with Crippen LogP contribution in [0.1, 0.15) is 74.2 Å². The summed E-state index contributed by atoms with van der Waals surface area (Å²) in [6.07, 6.45) is 5.47. The fraction of sp³-hybridized carbons (Fsp3) is 0.517. The van der Waals surface area contributed by atoms with E-state index in [-0.39, 0.29) is 28.5 Å². The second-order valence-electron chi connectivity index (χ2n) is 11.6. The van der Waals surface area contributed by atoms with Gasteiger partial charge < -0.3 is 13.7 Å². The second-order valence-corrected chi connectivity index (χ2v) is 15.5. The van der Waals surface area contributed by atoms with Gasteiger partial charge in [-0.25, -0.2) is 9.18 Å². The van der Waals surface area contributed by atoms with Crippen LogP contribution in [0.4, 0.5) is 4.39 Å². The lowest BCUT2D eigenvalue weighted by Gasteiger charge is -2.49. The number of fused-ring (bicyclic) bond motifs is 1. The monoisotopic (exact) mass is 518 g/mol. The predicted molar refractivity (Wildman–Crippen MR) is 144 cm³/mol. The van der Waals surface area contributed by atoms with Gasteiger partial charge in [0.25, 0.3) is 0 Å². The van der Waals surface area contributed by atoms with Gasteiger partial charge in [0.05, 0.1) is 32.3 Å². The maximum absolute atomic E-state index is 13.9. The molecule has 0 saturated carbocycles. The molecule has 2 aromatic rings. The molecule has 2 aromatic carbocycles. The molecule has 3 rings (SSSR count). The maximum atomic E-state index is 13.9. The van der Waals surface area contributed by atoms with Gasteiger partial charge in [0.1, 0.15) is 5.82 Å². The molecular formula is C29H39FO5S. The van der Waals surface area contributed by atoms with E-state index in [1.165, 1.54) is 26.4 Å². The fourth-order valence-electron chi connectivity index (χ4n) is 4.66. The van der Waals surface area contributed by atoms with Crippen LogP contribution in [0.2, 0.25) is 0 Å². The minimum absolute atomic E-state index is 0.0687. The molecule has 0 aromatic heterocycles. The lowest BCUT2D eigenvalue weighted by atomic mass is 9.69. The standard InChI is InChI=1S/C29H39FO5S/c1-28(2,3)36(8,9)35-22-17-29(4,5)16-20-14-19(15-23(31)33-6)26(27(32)34-7)25(24(20)22)18-10-12-21(30)13-11-18/h10-14,22H,15-17H2,1-9H3.